The summed E-state index contributed by atoms with van der Waals surface area (Å²) >= 11 is 0. The van der Waals surface area contributed by atoms with E-state index in [-0.39, 0.29) is 0 Å². The van der Waals surface area contributed by atoms with Gasteiger partial charge in [-0.1, -0.05) is 121 Å². The smallest absolute Gasteiger partial charge is 0.136 e. The minimum Gasteiger partial charge on any atom is -0.456 e. The van der Waals surface area contributed by atoms with E-state index in [4.69, 9.17) is 13.3 Å². The fourth-order valence-electron chi connectivity index (χ4n) is 12.5. The van der Waals surface area contributed by atoms with E-state index >= 15 is 0 Å². The van der Waals surface area contributed by atoms with Crippen LogP contribution >= 0.6 is 0 Å². The first-order valence-corrected chi connectivity index (χ1v) is 24.9. The van der Waals surface area contributed by atoms with Crippen LogP contribution in [0.3, 0.4) is 0 Å². The lowest BCUT2D eigenvalue weighted by atomic mass is 9.90. The largest absolute Gasteiger partial charge is 0.456 e. The second-order valence-electron chi connectivity index (χ2n) is 19.5. The maximum Gasteiger partial charge on any atom is 0.136 e. The van der Waals surface area contributed by atoms with E-state index < -0.39 is 0 Å². The molecule has 0 amide bonds. The average Bonchev–Trinajstić information content (AvgIpc) is 4.26. The van der Waals surface area contributed by atoms with Crippen LogP contribution in [0.4, 0.5) is 0 Å². The van der Waals surface area contributed by atoms with E-state index in [1.165, 1.54) is 32.6 Å². The lowest BCUT2D eigenvalue weighted by Gasteiger charge is -2.12. The quantitative estimate of drug-likeness (QED) is 0.177. The third kappa shape index (κ3) is 5.40. The van der Waals surface area contributed by atoms with Crippen molar-refractivity contribution in [3.63, 3.8) is 0 Å². The van der Waals surface area contributed by atoms with E-state index in [1.54, 1.807) is 0 Å². The summed E-state index contributed by atoms with van der Waals surface area (Å²) in [5.74, 6) is 0. The van der Waals surface area contributed by atoms with E-state index in [9.17, 15) is 0 Å². The standard InChI is InChI=1S/C68H38N2O3/c1-3-15-41(16-4-1)69-57-23-11-7-19-43(57)51-31-39(27-29-59(51)69)47-35-65-67(55-33-53-45-21-9-13-25-61(45)71-63(53)37-49(47)55)68-56-34-54-46-22-10-14-26-62(46)72-64(54)38-50(56)48(36-66(68)73-65)40-28-30-60-52(32-40)44-20-8-12-24-58(44)70(60)42-17-5-2-6-18-42/h1-38H. The van der Waals surface area contributed by atoms with Gasteiger partial charge in [-0.2, -0.15) is 0 Å². The molecule has 12 aromatic carbocycles. The van der Waals surface area contributed by atoms with Crippen molar-refractivity contribution in [3.8, 4) is 33.6 Å². The summed E-state index contributed by atoms with van der Waals surface area (Å²) in [6.45, 7) is 0. The Morgan fingerprint density at radius 2 is 0.603 bits per heavy atom. The third-order valence-corrected chi connectivity index (χ3v) is 15.7. The SMILES string of the molecule is c1ccc(-n2c3ccccc3c3cc(-c4cc5oc6cc(-c7ccc8c(c7)c7ccccc7n8-c7ccccc7)c7cc8oc9ccccc9c8cc7c6c5c5cc6c(cc45)oc4ccccc46)ccc32)cc1. The van der Waals surface area contributed by atoms with Gasteiger partial charge in [-0.15, -0.1) is 0 Å². The van der Waals surface area contributed by atoms with E-state index in [0.717, 1.165) is 132 Å². The number of hydrogen-bond acceptors (Lipinski definition) is 3. The summed E-state index contributed by atoms with van der Waals surface area (Å²) in [4.78, 5) is 0. The number of rotatable bonds is 4. The highest BCUT2D eigenvalue weighted by molar-refractivity contribution is 6.33. The molecule has 0 saturated carbocycles. The van der Waals surface area contributed by atoms with E-state index in [1.807, 2.05) is 12.1 Å². The van der Waals surface area contributed by atoms with Crippen molar-refractivity contribution in [2.75, 3.05) is 0 Å². The first-order valence-electron chi connectivity index (χ1n) is 24.9. The fourth-order valence-corrected chi connectivity index (χ4v) is 12.5. The third-order valence-electron chi connectivity index (χ3n) is 15.7. The monoisotopic (exact) mass is 930 g/mol. The Hall–Kier alpha value is -9.84. The van der Waals surface area contributed by atoms with Crippen LogP contribution in [0.5, 0.6) is 0 Å². The molecule has 5 nitrogen and oxygen atoms in total. The van der Waals surface area contributed by atoms with Crippen molar-refractivity contribution in [3.05, 3.63) is 231 Å². The van der Waals surface area contributed by atoms with Crippen LogP contribution in [-0.2, 0) is 0 Å². The zero-order valence-corrected chi connectivity index (χ0v) is 39.1. The topological polar surface area (TPSA) is 49.3 Å². The predicted octanol–water partition coefficient (Wildman–Crippen LogP) is 19.2. The van der Waals surface area contributed by atoms with Gasteiger partial charge in [-0.3, -0.25) is 0 Å². The zero-order valence-electron chi connectivity index (χ0n) is 39.1. The fraction of sp³-hybridized carbons (Fsp3) is 0. The average molecular weight is 931 g/mol. The molecule has 17 rings (SSSR count). The number of fused-ring (bicyclic) bond motifs is 19. The highest BCUT2D eigenvalue weighted by atomic mass is 16.3. The Labute approximate surface area is 415 Å². The second kappa shape index (κ2) is 14.4. The predicted molar refractivity (Wildman–Crippen MR) is 303 cm³/mol. The van der Waals surface area contributed by atoms with Gasteiger partial charge in [0.05, 0.1) is 22.1 Å². The summed E-state index contributed by atoms with van der Waals surface area (Å²) in [6.07, 6.45) is 0. The second-order valence-corrected chi connectivity index (χ2v) is 19.5. The molecule has 0 aliphatic carbocycles. The lowest BCUT2D eigenvalue weighted by molar-refractivity contribution is 0.668. The van der Waals surface area contributed by atoms with Gasteiger partial charge >= 0.3 is 0 Å². The zero-order chi connectivity index (χ0) is 47.5. The number of furan rings is 3. The molecule has 0 N–H and O–H groups in total. The molecule has 0 aliphatic rings. The molecule has 0 atom stereocenters. The maximum absolute atomic E-state index is 7.34. The molecule has 0 fully saturated rings. The molecular formula is C68H38N2O3. The van der Waals surface area contributed by atoms with Crippen LogP contribution in [0.15, 0.2) is 244 Å². The molecule has 0 bridgehead atoms. The molecule has 0 radical (unpaired) electrons. The van der Waals surface area contributed by atoms with Gasteiger partial charge in [0.25, 0.3) is 0 Å². The normalized spacial score (nSPS) is 12.4. The molecule has 0 unspecified atom stereocenters. The van der Waals surface area contributed by atoms with Crippen LogP contribution in [0.1, 0.15) is 0 Å². The Morgan fingerprint density at radius 1 is 0.219 bits per heavy atom. The molecular weight excluding hydrogens is 893 g/mol. The summed E-state index contributed by atoms with van der Waals surface area (Å²) in [5, 5.41) is 15.7. The van der Waals surface area contributed by atoms with Gasteiger partial charge in [0.15, 0.2) is 0 Å². The number of para-hydroxylation sites is 6. The highest BCUT2D eigenvalue weighted by Crippen LogP contribution is 2.49. The van der Waals surface area contributed by atoms with Crippen molar-refractivity contribution in [2.24, 2.45) is 0 Å². The van der Waals surface area contributed by atoms with Crippen molar-refractivity contribution >= 4 is 131 Å². The molecule has 5 aromatic heterocycles. The van der Waals surface area contributed by atoms with Crippen molar-refractivity contribution in [1.82, 2.24) is 9.13 Å². The Bertz CT molecular complexity index is 4870. The summed E-state index contributed by atoms with van der Waals surface area (Å²) in [5.41, 5.74) is 16.4. The minimum atomic E-state index is 0.827. The number of hydrogen-bond donors (Lipinski definition) is 0. The van der Waals surface area contributed by atoms with Gasteiger partial charge in [0, 0.05) is 65.2 Å². The summed E-state index contributed by atoms with van der Waals surface area (Å²) < 4.78 is 25.4. The van der Waals surface area contributed by atoms with Crippen molar-refractivity contribution < 1.29 is 13.3 Å². The number of aromatic nitrogens is 2. The Balaban J connectivity index is 0.989. The van der Waals surface area contributed by atoms with Crippen molar-refractivity contribution in [1.29, 1.82) is 0 Å². The Morgan fingerprint density at radius 3 is 1.07 bits per heavy atom. The first kappa shape index (κ1) is 38.9. The van der Waals surface area contributed by atoms with Crippen molar-refractivity contribution in [2.45, 2.75) is 0 Å². The Kier molecular flexibility index (Phi) is 7.67. The molecule has 73 heavy (non-hydrogen) atoms. The summed E-state index contributed by atoms with van der Waals surface area (Å²) in [7, 11) is 0. The molecule has 5 heterocycles. The van der Waals surface area contributed by atoms with Gasteiger partial charge in [0.2, 0.25) is 0 Å². The van der Waals surface area contributed by atoms with Crippen LogP contribution < -0.4 is 0 Å². The molecule has 5 heteroatoms. The molecule has 0 aliphatic heterocycles. The molecule has 17 aromatic rings. The molecule has 0 saturated heterocycles. The summed E-state index contributed by atoms with van der Waals surface area (Å²) in [6, 6.07) is 83.0. The van der Waals surface area contributed by atoms with Crippen LogP contribution in [0, 0.1) is 0 Å². The van der Waals surface area contributed by atoms with Crippen LogP contribution in [0.2, 0.25) is 0 Å². The van der Waals surface area contributed by atoms with Gasteiger partial charge in [-0.05, 0) is 153 Å². The molecule has 0 spiro atoms. The number of nitrogens with zero attached hydrogens (tertiary/aromatic N) is 2. The lowest BCUT2D eigenvalue weighted by Crippen LogP contribution is -1.93. The van der Waals surface area contributed by atoms with Crippen LogP contribution in [0.25, 0.3) is 165 Å². The minimum absolute atomic E-state index is 0.827. The van der Waals surface area contributed by atoms with E-state index in [0.29, 0.717) is 0 Å². The van der Waals surface area contributed by atoms with E-state index in [2.05, 4.69) is 228 Å². The van der Waals surface area contributed by atoms with Gasteiger partial charge in [0.1, 0.15) is 33.5 Å². The first-order chi connectivity index (χ1) is 36.2. The van der Waals surface area contributed by atoms with Gasteiger partial charge < -0.3 is 22.4 Å². The highest BCUT2D eigenvalue weighted by Gasteiger charge is 2.24. The van der Waals surface area contributed by atoms with Crippen LogP contribution in [-0.4, -0.2) is 9.13 Å². The van der Waals surface area contributed by atoms with Gasteiger partial charge in [-0.25, -0.2) is 0 Å². The maximum atomic E-state index is 7.34. The molecule has 338 valence electrons. The number of benzene rings is 12.